The fourth-order valence-corrected chi connectivity index (χ4v) is 0.777. The van der Waals surface area contributed by atoms with Crippen LogP contribution in [0.2, 0.25) is 0 Å². The number of piperazine rings is 1. The molecule has 0 radical (unpaired) electrons. The number of nitrogens with two attached hydrogens (primary N) is 1. The van der Waals surface area contributed by atoms with Gasteiger partial charge in [0.25, 0.3) is 0 Å². The van der Waals surface area contributed by atoms with Crippen molar-refractivity contribution in [2.75, 3.05) is 33.2 Å². The fourth-order valence-electron chi connectivity index (χ4n) is 0.777. The number of likely N-dealkylation sites (N-methyl/N-ethyl adjacent to an activating group) is 1. The molecule has 0 saturated carbocycles. The summed E-state index contributed by atoms with van der Waals surface area (Å²) in [4.78, 5) is 2.33. The number of hydrogen-bond acceptors (Lipinski definition) is 3. The summed E-state index contributed by atoms with van der Waals surface area (Å²) in [6.07, 6.45) is 0. The molecule has 0 aliphatic carbocycles. The highest BCUT2D eigenvalue weighted by Gasteiger charge is 2.01. The molecule has 3 N–H and O–H groups in total. The lowest BCUT2D eigenvalue weighted by Crippen LogP contribution is -2.40. The third-order valence-electron chi connectivity index (χ3n) is 1.34. The Labute approximate surface area is 78.7 Å². The van der Waals surface area contributed by atoms with Gasteiger partial charge in [0, 0.05) is 26.2 Å². The van der Waals surface area contributed by atoms with Gasteiger partial charge in [-0.3, -0.25) is 0 Å². The van der Waals surface area contributed by atoms with Gasteiger partial charge in [-0.2, -0.15) is 0 Å². The van der Waals surface area contributed by atoms with Crippen molar-refractivity contribution in [2.45, 2.75) is 0 Å². The topological polar surface area (TPSA) is 41.3 Å². The van der Waals surface area contributed by atoms with Gasteiger partial charge in [-0.25, -0.2) is 0 Å². The molecule has 0 bridgehead atoms. The molecular formula is C6H15N3S2. The normalized spacial score (nSPS) is 18.4. The summed E-state index contributed by atoms with van der Waals surface area (Å²) in [5.41, 5.74) is 4.71. The van der Waals surface area contributed by atoms with E-state index in [-0.39, 0.29) is 4.32 Å². The van der Waals surface area contributed by atoms with Crippen LogP contribution in [0.15, 0.2) is 0 Å². The lowest BCUT2D eigenvalue weighted by Gasteiger charge is -2.21. The molecule has 1 heterocycles. The van der Waals surface area contributed by atoms with Crippen molar-refractivity contribution in [3.8, 4) is 0 Å². The minimum Gasteiger partial charge on any atom is -0.385 e. The molecule has 5 heteroatoms. The Morgan fingerprint density at radius 1 is 1.55 bits per heavy atom. The Hall–Kier alpha value is 0.160. The summed E-state index contributed by atoms with van der Waals surface area (Å²) in [5, 5.41) is 3.27. The molecule has 66 valence electrons. The molecular weight excluding hydrogens is 178 g/mol. The number of thiocarbonyl (C=S) groups is 1. The molecule has 1 fully saturated rings. The molecule has 3 nitrogen and oxygen atoms in total. The largest absolute Gasteiger partial charge is 0.385 e. The molecule has 1 rings (SSSR count). The first-order chi connectivity index (χ1) is 5.13. The van der Waals surface area contributed by atoms with E-state index < -0.39 is 0 Å². The SMILES string of the molecule is CN1CCNCC1.NC(=S)S. The van der Waals surface area contributed by atoms with Crippen LogP contribution in [-0.4, -0.2) is 42.4 Å². The van der Waals surface area contributed by atoms with Crippen LogP contribution in [0.25, 0.3) is 0 Å². The molecule has 1 saturated heterocycles. The highest BCUT2D eigenvalue weighted by molar-refractivity contribution is 8.10. The van der Waals surface area contributed by atoms with Crippen LogP contribution in [-0.2, 0) is 0 Å². The number of thiol groups is 1. The molecule has 11 heavy (non-hydrogen) atoms. The highest BCUT2D eigenvalue weighted by atomic mass is 32.1. The molecule has 0 amide bonds. The number of nitrogens with one attached hydrogen (secondary N) is 1. The lowest BCUT2D eigenvalue weighted by atomic mass is 10.4. The summed E-state index contributed by atoms with van der Waals surface area (Å²) in [7, 11) is 2.15. The quantitative estimate of drug-likeness (QED) is 0.364. The van der Waals surface area contributed by atoms with Gasteiger partial charge in [0.1, 0.15) is 4.32 Å². The second-order valence-electron chi connectivity index (χ2n) is 2.39. The molecule has 0 aromatic rings. The van der Waals surface area contributed by atoms with Gasteiger partial charge in [-0.05, 0) is 7.05 Å². The number of rotatable bonds is 0. The molecule has 1 aliphatic heterocycles. The van der Waals surface area contributed by atoms with Crippen LogP contribution in [0.3, 0.4) is 0 Å². The molecule has 0 atom stereocenters. The van der Waals surface area contributed by atoms with E-state index >= 15 is 0 Å². The van der Waals surface area contributed by atoms with E-state index in [4.69, 9.17) is 5.73 Å². The van der Waals surface area contributed by atoms with Crippen LogP contribution in [0.5, 0.6) is 0 Å². The van der Waals surface area contributed by atoms with Crippen LogP contribution in [0, 0.1) is 0 Å². The Morgan fingerprint density at radius 3 is 2.09 bits per heavy atom. The van der Waals surface area contributed by atoms with E-state index in [1.54, 1.807) is 0 Å². The predicted molar refractivity (Wildman–Crippen MR) is 56.1 cm³/mol. The second-order valence-corrected chi connectivity index (χ2v) is 3.62. The summed E-state index contributed by atoms with van der Waals surface area (Å²) in [6, 6.07) is 0. The Bertz CT molecular complexity index is 108. The minimum atomic E-state index is 0.194. The van der Waals surface area contributed by atoms with Crippen LogP contribution in [0.4, 0.5) is 0 Å². The van der Waals surface area contributed by atoms with Crippen molar-refractivity contribution >= 4 is 29.2 Å². The Morgan fingerprint density at radius 2 is 1.91 bits per heavy atom. The monoisotopic (exact) mass is 193 g/mol. The maximum atomic E-state index is 4.71. The van der Waals surface area contributed by atoms with Crippen molar-refractivity contribution in [3.05, 3.63) is 0 Å². The van der Waals surface area contributed by atoms with Gasteiger partial charge in [-0.15, -0.1) is 12.6 Å². The zero-order valence-corrected chi connectivity index (χ0v) is 8.42. The second kappa shape index (κ2) is 6.84. The number of nitrogens with zero attached hydrogens (tertiary/aromatic N) is 1. The van der Waals surface area contributed by atoms with E-state index in [1.807, 2.05) is 0 Å². The Balaban J connectivity index is 0.000000218. The van der Waals surface area contributed by atoms with Crippen molar-refractivity contribution in [2.24, 2.45) is 5.73 Å². The van der Waals surface area contributed by atoms with Crippen molar-refractivity contribution < 1.29 is 0 Å². The van der Waals surface area contributed by atoms with Gasteiger partial charge < -0.3 is 16.0 Å². The summed E-state index contributed by atoms with van der Waals surface area (Å²) < 4.78 is 0.194. The van der Waals surface area contributed by atoms with Crippen molar-refractivity contribution in [1.82, 2.24) is 10.2 Å². The Kier molecular flexibility index (Phi) is 6.94. The van der Waals surface area contributed by atoms with E-state index in [0.29, 0.717) is 0 Å². The van der Waals surface area contributed by atoms with E-state index in [0.717, 1.165) is 13.1 Å². The maximum Gasteiger partial charge on any atom is 0.128 e. The minimum absolute atomic E-state index is 0.194. The summed E-state index contributed by atoms with van der Waals surface area (Å²) >= 11 is 7.65. The third-order valence-corrected chi connectivity index (χ3v) is 1.34. The average molecular weight is 193 g/mol. The first-order valence-electron chi connectivity index (χ1n) is 3.50. The van der Waals surface area contributed by atoms with Gasteiger partial charge in [0.2, 0.25) is 0 Å². The maximum absolute atomic E-state index is 4.71. The van der Waals surface area contributed by atoms with Crippen LogP contribution < -0.4 is 11.1 Å². The molecule has 0 spiro atoms. The first kappa shape index (κ1) is 11.2. The van der Waals surface area contributed by atoms with Crippen LogP contribution in [0.1, 0.15) is 0 Å². The smallest absolute Gasteiger partial charge is 0.128 e. The summed E-state index contributed by atoms with van der Waals surface area (Å²) in [6.45, 7) is 4.74. The van der Waals surface area contributed by atoms with Gasteiger partial charge in [0.05, 0.1) is 0 Å². The van der Waals surface area contributed by atoms with Crippen molar-refractivity contribution in [1.29, 1.82) is 0 Å². The van der Waals surface area contributed by atoms with E-state index in [2.05, 4.69) is 42.1 Å². The lowest BCUT2D eigenvalue weighted by molar-refractivity contribution is 0.291. The average Bonchev–Trinajstić information content (AvgIpc) is 1.87. The molecule has 0 aromatic heterocycles. The van der Waals surface area contributed by atoms with E-state index in [1.165, 1.54) is 13.1 Å². The summed E-state index contributed by atoms with van der Waals surface area (Å²) in [5.74, 6) is 0. The molecule has 1 aliphatic rings. The highest BCUT2D eigenvalue weighted by Crippen LogP contribution is 1.83. The zero-order valence-electron chi connectivity index (χ0n) is 6.71. The first-order valence-corrected chi connectivity index (χ1v) is 4.36. The van der Waals surface area contributed by atoms with E-state index in [9.17, 15) is 0 Å². The van der Waals surface area contributed by atoms with Crippen LogP contribution >= 0.6 is 24.8 Å². The fraction of sp³-hybridized carbons (Fsp3) is 0.833. The molecule has 0 aromatic carbocycles. The van der Waals surface area contributed by atoms with Gasteiger partial charge in [0.15, 0.2) is 0 Å². The number of hydrogen-bond donors (Lipinski definition) is 3. The predicted octanol–water partition coefficient (Wildman–Crippen LogP) is -0.319. The molecule has 0 unspecified atom stereocenters. The van der Waals surface area contributed by atoms with Gasteiger partial charge >= 0.3 is 0 Å². The standard InChI is InChI=1S/C5H12N2.CH3NS2/c1-7-4-2-6-3-5-7;2-1(3)4/h6H,2-5H2,1H3;(H3,2,3,4). The van der Waals surface area contributed by atoms with Crippen molar-refractivity contribution in [3.63, 3.8) is 0 Å². The third kappa shape index (κ3) is 10.2. The van der Waals surface area contributed by atoms with Gasteiger partial charge in [-0.1, -0.05) is 12.2 Å². The zero-order chi connectivity index (χ0) is 8.69.